The molecule has 0 aromatic carbocycles. The summed E-state index contributed by atoms with van der Waals surface area (Å²) in [5.41, 5.74) is 5.10. The van der Waals surface area contributed by atoms with Gasteiger partial charge in [-0.25, -0.2) is 0 Å². The van der Waals surface area contributed by atoms with E-state index < -0.39 is 6.04 Å². The molecule has 10 nitrogen and oxygen atoms in total. The quantitative estimate of drug-likeness (QED) is 0.243. The monoisotopic (exact) mass is 470 g/mol. The van der Waals surface area contributed by atoms with Crippen molar-refractivity contribution in [1.29, 1.82) is 10.8 Å². The zero-order valence-electron chi connectivity index (χ0n) is 19.9. The lowest BCUT2D eigenvalue weighted by Crippen LogP contribution is -2.41. The molecule has 0 saturated carbocycles. The topological polar surface area (TPSA) is 130 Å². The first-order chi connectivity index (χ1) is 16.8. The minimum absolute atomic E-state index is 0.0569. The Morgan fingerprint density at radius 3 is 2.57 bits per heavy atom. The first-order valence-corrected chi connectivity index (χ1v) is 10.9. The van der Waals surface area contributed by atoms with Crippen molar-refractivity contribution < 1.29 is 9.32 Å². The Kier molecular flexibility index (Phi) is 6.54. The van der Waals surface area contributed by atoms with Gasteiger partial charge in [-0.2, -0.15) is 5.10 Å². The third-order valence-electron chi connectivity index (χ3n) is 5.65. The van der Waals surface area contributed by atoms with Crippen LogP contribution in [0, 0.1) is 24.7 Å². The standard InChI is InChI=1S/C25H26N8O2/c1-16-9-20(21-12-29-31(4)13-21)11-28-22(16)7-8-32(15-34)18(3)25(27)33-14-19(5-6-24(33)26)23-10-17(2)30-35-23/h5-15,18,26-27H,1-4H3/b8-7-,26-24?,27-25?/t18-/m1/s1. The van der Waals surface area contributed by atoms with Crippen molar-refractivity contribution in [2.45, 2.75) is 26.8 Å². The number of aryl methyl sites for hydroxylation is 3. The first kappa shape index (κ1) is 23.6. The average molecular weight is 471 g/mol. The van der Waals surface area contributed by atoms with E-state index in [1.165, 1.54) is 9.47 Å². The SMILES string of the molecule is Cc1cc(-c2ccc(=N)n(C(=N)[C@@H](C)N(C=O)/C=C\c3ncc(-c4cnn(C)c4)cc3C)c2)on1. The second kappa shape index (κ2) is 9.72. The van der Waals surface area contributed by atoms with Crippen molar-refractivity contribution in [3.63, 3.8) is 0 Å². The molecule has 4 aromatic heterocycles. The molecule has 4 aromatic rings. The normalized spacial score (nSPS) is 12.1. The zero-order valence-corrected chi connectivity index (χ0v) is 19.9. The summed E-state index contributed by atoms with van der Waals surface area (Å²) < 4.78 is 8.45. The number of hydrogen-bond donors (Lipinski definition) is 2. The number of pyridine rings is 2. The predicted molar refractivity (Wildman–Crippen MR) is 131 cm³/mol. The summed E-state index contributed by atoms with van der Waals surface area (Å²) in [6, 6.07) is 6.47. The lowest BCUT2D eigenvalue weighted by molar-refractivity contribution is -0.116. The minimum atomic E-state index is -0.639. The highest BCUT2D eigenvalue weighted by atomic mass is 16.5. The maximum Gasteiger partial charge on any atom is 0.214 e. The fourth-order valence-electron chi connectivity index (χ4n) is 3.59. The van der Waals surface area contributed by atoms with Crippen molar-refractivity contribution in [3.8, 4) is 22.5 Å². The third-order valence-corrected chi connectivity index (χ3v) is 5.65. The lowest BCUT2D eigenvalue weighted by atomic mass is 10.1. The van der Waals surface area contributed by atoms with E-state index in [1.54, 1.807) is 60.7 Å². The van der Waals surface area contributed by atoms with Gasteiger partial charge in [-0.3, -0.25) is 29.8 Å². The van der Waals surface area contributed by atoms with Crippen LogP contribution < -0.4 is 5.49 Å². The number of amides is 1. The Morgan fingerprint density at radius 2 is 1.94 bits per heavy atom. The fraction of sp³-hybridized carbons (Fsp3) is 0.200. The molecule has 0 aliphatic carbocycles. The molecule has 0 radical (unpaired) electrons. The fourth-order valence-corrected chi connectivity index (χ4v) is 3.59. The number of nitrogens with one attached hydrogen (secondary N) is 2. The van der Waals surface area contributed by atoms with E-state index >= 15 is 0 Å². The Morgan fingerprint density at radius 1 is 1.14 bits per heavy atom. The van der Waals surface area contributed by atoms with Crippen molar-refractivity contribution in [3.05, 3.63) is 77.7 Å². The molecule has 0 unspecified atom stereocenters. The maximum atomic E-state index is 11.9. The highest BCUT2D eigenvalue weighted by Crippen LogP contribution is 2.21. The molecule has 0 aliphatic rings. The van der Waals surface area contributed by atoms with Gasteiger partial charge in [-0.15, -0.1) is 0 Å². The van der Waals surface area contributed by atoms with Gasteiger partial charge in [0.05, 0.1) is 23.6 Å². The van der Waals surface area contributed by atoms with Gasteiger partial charge >= 0.3 is 0 Å². The molecule has 1 atom stereocenters. The zero-order chi connectivity index (χ0) is 25.1. The van der Waals surface area contributed by atoms with Crippen molar-refractivity contribution >= 4 is 18.3 Å². The summed E-state index contributed by atoms with van der Waals surface area (Å²) in [6.45, 7) is 5.49. The summed E-state index contributed by atoms with van der Waals surface area (Å²) in [7, 11) is 1.86. The molecule has 178 valence electrons. The van der Waals surface area contributed by atoms with Gasteiger partial charge in [-0.05, 0) is 50.6 Å². The molecule has 4 rings (SSSR count). The molecule has 0 spiro atoms. The highest BCUT2D eigenvalue weighted by molar-refractivity contribution is 5.88. The van der Waals surface area contributed by atoms with Crippen LogP contribution in [0.5, 0.6) is 0 Å². The Bertz CT molecular complexity index is 1480. The van der Waals surface area contributed by atoms with Crippen molar-refractivity contribution in [1.82, 2.24) is 29.4 Å². The average Bonchev–Trinajstić information content (AvgIpc) is 3.48. The molecule has 0 fully saturated rings. The van der Waals surface area contributed by atoms with Crippen LogP contribution in [-0.4, -0.2) is 47.7 Å². The maximum absolute atomic E-state index is 11.9. The molecule has 35 heavy (non-hydrogen) atoms. The van der Waals surface area contributed by atoms with Crippen LogP contribution >= 0.6 is 0 Å². The number of carbonyl (C=O) groups excluding carboxylic acids is 1. The van der Waals surface area contributed by atoms with Gasteiger partial charge in [0.25, 0.3) is 0 Å². The second-order valence-electron chi connectivity index (χ2n) is 8.26. The molecule has 2 N–H and O–H groups in total. The van der Waals surface area contributed by atoms with Crippen molar-refractivity contribution in [2.24, 2.45) is 7.05 Å². The van der Waals surface area contributed by atoms with Gasteiger partial charge in [0, 0.05) is 54.6 Å². The van der Waals surface area contributed by atoms with E-state index in [9.17, 15) is 4.79 Å². The van der Waals surface area contributed by atoms with Gasteiger partial charge in [0.15, 0.2) is 5.76 Å². The first-order valence-electron chi connectivity index (χ1n) is 10.9. The van der Waals surface area contributed by atoms with E-state index in [0.29, 0.717) is 23.4 Å². The van der Waals surface area contributed by atoms with E-state index in [1.807, 2.05) is 33.2 Å². The molecule has 4 heterocycles. The van der Waals surface area contributed by atoms with Gasteiger partial charge in [0.2, 0.25) is 6.41 Å². The van der Waals surface area contributed by atoms with Gasteiger partial charge in [-0.1, -0.05) is 5.16 Å². The Hall–Kier alpha value is -4.60. The smallest absolute Gasteiger partial charge is 0.214 e. The van der Waals surface area contributed by atoms with Crippen LogP contribution in [0.1, 0.15) is 23.9 Å². The molecular formula is C25H26N8O2. The summed E-state index contributed by atoms with van der Waals surface area (Å²) in [6.07, 6.45) is 11.1. The predicted octanol–water partition coefficient (Wildman–Crippen LogP) is 3.38. The molecular weight excluding hydrogens is 444 g/mol. The Labute approximate surface area is 202 Å². The van der Waals surface area contributed by atoms with Gasteiger partial charge < -0.3 is 9.42 Å². The molecule has 0 bridgehead atoms. The molecule has 0 aliphatic heterocycles. The van der Waals surface area contributed by atoms with Gasteiger partial charge in [0.1, 0.15) is 11.3 Å². The molecule has 1 amide bonds. The number of carbonyl (C=O) groups is 1. The van der Waals surface area contributed by atoms with E-state index in [2.05, 4.69) is 15.2 Å². The number of aromatic nitrogens is 5. The van der Waals surface area contributed by atoms with Crippen LogP contribution in [0.25, 0.3) is 28.5 Å². The summed E-state index contributed by atoms with van der Waals surface area (Å²) in [5.74, 6) is 0.599. The van der Waals surface area contributed by atoms with Crippen molar-refractivity contribution in [2.75, 3.05) is 0 Å². The second-order valence-corrected chi connectivity index (χ2v) is 8.26. The largest absolute Gasteiger partial charge is 0.356 e. The van der Waals surface area contributed by atoms with E-state index in [-0.39, 0.29) is 11.3 Å². The number of hydrogen-bond acceptors (Lipinski definition) is 7. The van der Waals surface area contributed by atoms with E-state index in [4.69, 9.17) is 15.3 Å². The molecule has 0 saturated heterocycles. The van der Waals surface area contributed by atoms with Crippen LogP contribution in [0.4, 0.5) is 0 Å². The third kappa shape index (κ3) is 5.01. The number of nitrogens with zero attached hydrogens (tertiary/aromatic N) is 6. The minimum Gasteiger partial charge on any atom is -0.356 e. The summed E-state index contributed by atoms with van der Waals surface area (Å²) in [5, 5.41) is 25.0. The van der Waals surface area contributed by atoms with Crippen LogP contribution in [0.3, 0.4) is 0 Å². The summed E-state index contributed by atoms with van der Waals surface area (Å²) in [4.78, 5) is 17.8. The van der Waals surface area contributed by atoms with Crippen LogP contribution in [0.15, 0.2) is 59.8 Å². The number of rotatable bonds is 7. The van der Waals surface area contributed by atoms with Crippen LogP contribution in [-0.2, 0) is 11.8 Å². The molecule has 10 heteroatoms. The van der Waals surface area contributed by atoms with Crippen LogP contribution in [0.2, 0.25) is 0 Å². The lowest BCUT2D eigenvalue weighted by Gasteiger charge is -2.23. The summed E-state index contributed by atoms with van der Waals surface area (Å²) >= 11 is 0. The Balaban J connectivity index is 1.55. The highest BCUT2D eigenvalue weighted by Gasteiger charge is 2.18. The van der Waals surface area contributed by atoms with E-state index in [0.717, 1.165) is 22.4 Å².